The summed E-state index contributed by atoms with van der Waals surface area (Å²) in [4.78, 5) is 15.4. The number of hydrogen-bond donors (Lipinski definition) is 1. The normalized spacial score (nSPS) is 18.6. The third-order valence-electron chi connectivity index (χ3n) is 4.45. The van der Waals surface area contributed by atoms with Gasteiger partial charge in [0, 0.05) is 26.2 Å². The van der Waals surface area contributed by atoms with E-state index in [9.17, 15) is 26.4 Å². The van der Waals surface area contributed by atoms with Gasteiger partial charge in [0.05, 0.1) is 15.7 Å². The second kappa shape index (κ2) is 8.47. The first kappa shape index (κ1) is 21.5. The smallest absolute Gasteiger partial charge is 0.337 e. The number of hydrogen-bond acceptors (Lipinski definition) is 4. The van der Waals surface area contributed by atoms with Crippen LogP contribution in [0.2, 0.25) is 0 Å². The summed E-state index contributed by atoms with van der Waals surface area (Å²) < 4.78 is 63.5. The molecule has 1 aromatic carbocycles. The molecule has 2 amide bonds. The Morgan fingerprint density at radius 2 is 1.89 bits per heavy atom. The molecule has 27 heavy (non-hydrogen) atoms. The number of carbonyl (C=O) groups is 1. The molecular weight excluding hydrogens is 383 g/mol. The molecular formula is C17H24F3N3O3S. The average Bonchev–Trinajstić information content (AvgIpc) is 2.61. The highest BCUT2D eigenvalue weighted by atomic mass is 32.2. The molecule has 1 N–H and O–H groups in total. The summed E-state index contributed by atoms with van der Waals surface area (Å²) in [6.07, 6.45) is -3.63. The Morgan fingerprint density at radius 1 is 1.26 bits per heavy atom. The number of nitrogens with zero attached hydrogens (tertiary/aromatic N) is 2. The van der Waals surface area contributed by atoms with Gasteiger partial charge < -0.3 is 15.1 Å². The van der Waals surface area contributed by atoms with Crippen LogP contribution in [0.5, 0.6) is 0 Å². The van der Waals surface area contributed by atoms with E-state index < -0.39 is 26.8 Å². The summed E-state index contributed by atoms with van der Waals surface area (Å²) in [6, 6.07) is 3.16. The van der Waals surface area contributed by atoms with Gasteiger partial charge in [-0.05, 0) is 51.2 Å². The fourth-order valence-electron chi connectivity index (χ4n) is 2.90. The number of benzene rings is 1. The molecule has 6 nitrogen and oxygen atoms in total. The Bertz CT molecular complexity index is 749. The number of urea groups is 1. The number of halogens is 3. The Balaban J connectivity index is 2.06. The molecule has 0 aromatic heterocycles. The summed E-state index contributed by atoms with van der Waals surface area (Å²) in [7, 11) is -0.0725. The van der Waals surface area contributed by atoms with Crippen LogP contribution >= 0.6 is 0 Å². The maximum Gasteiger partial charge on any atom is 0.416 e. The highest BCUT2D eigenvalue weighted by molar-refractivity contribution is 7.92. The van der Waals surface area contributed by atoms with Crippen molar-refractivity contribution in [2.45, 2.75) is 29.2 Å². The van der Waals surface area contributed by atoms with Gasteiger partial charge in [0.25, 0.3) is 0 Å². The minimum atomic E-state index is -4.52. The third kappa shape index (κ3) is 5.58. The minimum Gasteiger partial charge on any atom is -0.337 e. The molecule has 1 fully saturated rings. The first-order valence-corrected chi connectivity index (χ1v) is 10.1. The van der Waals surface area contributed by atoms with Gasteiger partial charge in [-0.25, -0.2) is 13.2 Å². The highest BCUT2D eigenvalue weighted by Gasteiger charge is 2.35. The fraction of sp³-hybridized carbons (Fsp3) is 0.588. The first-order chi connectivity index (χ1) is 12.5. The van der Waals surface area contributed by atoms with E-state index in [4.69, 9.17) is 0 Å². The van der Waals surface area contributed by atoms with Crippen molar-refractivity contribution in [1.82, 2.24) is 15.1 Å². The molecule has 1 heterocycles. The molecule has 1 unspecified atom stereocenters. The van der Waals surface area contributed by atoms with Gasteiger partial charge >= 0.3 is 12.2 Å². The maximum absolute atomic E-state index is 12.8. The Labute approximate surface area is 157 Å². The number of carbonyl (C=O) groups excluding carboxylic acids is 1. The molecule has 1 aliphatic heterocycles. The van der Waals surface area contributed by atoms with Crippen LogP contribution in [0.15, 0.2) is 29.2 Å². The summed E-state index contributed by atoms with van der Waals surface area (Å²) in [5.74, 6) is 0. The van der Waals surface area contributed by atoms with Gasteiger partial charge in [-0.3, -0.25) is 0 Å². The van der Waals surface area contributed by atoms with Gasteiger partial charge in [-0.1, -0.05) is 0 Å². The highest BCUT2D eigenvalue weighted by Crippen LogP contribution is 2.31. The van der Waals surface area contributed by atoms with Crippen LogP contribution in [0.1, 0.15) is 18.4 Å². The van der Waals surface area contributed by atoms with E-state index in [2.05, 4.69) is 5.32 Å². The van der Waals surface area contributed by atoms with Crippen LogP contribution in [-0.2, 0) is 16.0 Å². The topological polar surface area (TPSA) is 69.7 Å². The van der Waals surface area contributed by atoms with E-state index in [1.807, 2.05) is 19.0 Å². The van der Waals surface area contributed by atoms with Crippen molar-refractivity contribution in [1.29, 1.82) is 0 Å². The predicted molar refractivity (Wildman–Crippen MR) is 95.2 cm³/mol. The number of sulfone groups is 1. The van der Waals surface area contributed by atoms with Crippen molar-refractivity contribution >= 4 is 15.9 Å². The lowest BCUT2D eigenvalue weighted by Crippen LogP contribution is -2.49. The quantitative estimate of drug-likeness (QED) is 0.813. The van der Waals surface area contributed by atoms with Gasteiger partial charge in [0.15, 0.2) is 9.84 Å². The number of likely N-dealkylation sites (N-methyl/N-ethyl adjacent to an activating group) is 1. The van der Waals surface area contributed by atoms with Crippen LogP contribution in [0.4, 0.5) is 18.0 Å². The van der Waals surface area contributed by atoms with Crippen LogP contribution in [0, 0.1) is 0 Å². The van der Waals surface area contributed by atoms with Crippen molar-refractivity contribution in [3.63, 3.8) is 0 Å². The standard InChI is InChI=1S/C17H24F3N3O3S/c1-22(2)11-9-21-16(24)23-10-3-4-15(12-23)27(25,26)14-7-5-13(6-8-14)17(18,19)20/h5-8,15H,3-4,9-12H2,1-2H3,(H,21,24). The number of amides is 2. The lowest BCUT2D eigenvalue weighted by atomic mass is 10.1. The molecule has 1 aromatic rings. The SMILES string of the molecule is CN(C)CCNC(=O)N1CCCC(S(=O)(=O)c2ccc(C(F)(F)F)cc2)C1. The molecule has 1 aliphatic rings. The van der Waals surface area contributed by atoms with Crippen LogP contribution in [0.3, 0.4) is 0 Å². The van der Waals surface area contributed by atoms with E-state index in [-0.39, 0.29) is 17.5 Å². The zero-order chi connectivity index (χ0) is 20.2. The number of rotatable bonds is 5. The summed E-state index contributed by atoms with van der Waals surface area (Å²) >= 11 is 0. The summed E-state index contributed by atoms with van der Waals surface area (Å²) in [5.41, 5.74) is -0.896. The van der Waals surface area contributed by atoms with Crippen LogP contribution in [-0.4, -0.2) is 69.8 Å². The summed E-state index contributed by atoms with van der Waals surface area (Å²) in [5, 5.41) is 1.91. The van der Waals surface area contributed by atoms with Crippen molar-refractivity contribution < 1.29 is 26.4 Å². The average molecular weight is 407 g/mol. The monoisotopic (exact) mass is 407 g/mol. The largest absolute Gasteiger partial charge is 0.416 e. The number of piperidine rings is 1. The second-order valence-corrected chi connectivity index (χ2v) is 9.04. The second-order valence-electron chi connectivity index (χ2n) is 6.81. The van der Waals surface area contributed by atoms with Gasteiger partial charge in [-0.2, -0.15) is 13.2 Å². The molecule has 1 atom stereocenters. The van der Waals surface area contributed by atoms with Gasteiger partial charge in [0.1, 0.15) is 0 Å². The lowest BCUT2D eigenvalue weighted by molar-refractivity contribution is -0.137. The lowest BCUT2D eigenvalue weighted by Gasteiger charge is -2.32. The van der Waals surface area contributed by atoms with Crippen molar-refractivity contribution in [2.24, 2.45) is 0 Å². The van der Waals surface area contributed by atoms with Crippen LogP contribution in [0.25, 0.3) is 0 Å². The molecule has 0 saturated carbocycles. The third-order valence-corrected chi connectivity index (χ3v) is 6.64. The van der Waals surface area contributed by atoms with Crippen LogP contribution < -0.4 is 5.32 Å². The molecule has 2 rings (SSSR count). The maximum atomic E-state index is 12.8. The number of likely N-dealkylation sites (tertiary alicyclic amines) is 1. The van der Waals surface area contributed by atoms with Gasteiger partial charge in [0.2, 0.25) is 0 Å². The number of nitrogens with one attached hydrogen (secondary N) is 1. The van der Waals surface area contributed by atoms with Gasteiger partial charge in [-0.15, -0.1) is 0 Å². The van der Waals surface area contributed by atoms with Crippen molar-refractivity contribution in [3.05, 3.63) is 29.8 Å². The predicted octanol–water partition coefficient (Wildman–Crippen LogP) is 2.21. The number of alkyl halides is 3. The zero-order valence-corrected chi connectivity index (χ0v) is 16.1. The van der Waals surface area contributed by atoms with Crippen molar-refractivity contribution in [2.75, 3.05) is 40.3 Å². The zero-order valence-electron chi connectivity index (χ0n) is 15.3. The fourth-order valence-corrected chi connectivity index (χ4v) is 4.65. The van der Waals surface area contributed by atoms with E-state index in [1.54, 1.807) is 0 Å². The Hall–Kier alpha value is -1.81. The van der Waals surface area contributed by atoms with E-state index in [0.717, 1.165) is 24.3 Å². The molecule has 0 bridgehead atoms. The Kier molecular flexibility index (Phi) is 6.74. The summed E-state index contributed by atoms with van der Waals surface area (Å²) in [6.45, 7) is 1.58. The van der Waals surface area contributed by atoms with Crippen molar-refractivity contribution in [3.8, 4) is 0 Å². The Morgan fingerprint density at radius 3 is 2.44 bits per heavy atom. The molecule has 1 saturated heterocycles. The molecule has 152 valence electrons. The van der Waals surface area contributed by atoms with E-state index in [1.165, 1.54) is 4.90 Å². The molecule has 0 aliphatic carbocycles. The van der Waals surface area contributed by atoms with E-state index >= 15 is 0 Å². The first-order valence-electron chi connectivity index (χ1n) is 8.60. The molecule has 10 heteroatoms. The van der Waals surface area contributed by atoms with E-state index in [0.29, 0.717) is 32.5 Å². The molecule has 0 spiro atoms. The minimum absolute atomic E-state index is 0.0250. The molecule has 0 radical (unpaired) electrons.